The van der Waals surface area contributed by atoms with E-state index < -0.39 is 8.80 Å². The Morgan fingerprint density at radius 1 is 1.38 bits per heavy atom. The fourth-order valence-corrected chi connectivity index (χ4v) is 0.728. The molecule has 0 bridgehead atoms. The monoisotopic (exact) mass is 124 g/mol. The Bertz CT molecular complexity index is 123. The minimum absolute atomic E-state index is 0.614. The largest absolute Gasteiger partial charge is 0.131 e. The highest BCUT2D eigenvalue weighted by Crippen LogP contribution is 1.73. The molecular formula is C7H12Si. The predicted octanol–water partition coefficient (Wildman–Crippen LogP) is 1.59. The van der Waals surface area contributed by atoms with Crippen LogP contribution in [-0.2, 0) is 0 Å². The van der Waals surface area contributed by atoms with Crippen molar-refractivity contribution in [1.82, 2.24) is 0 Å². The van der Waals surface area contributed by atoms with Gasteiger partial charge in [-0.1, -0.05) is 25.1 Å². The number of allylic oxidation sites excluding steroid dienone is 2. The van der Waals surface area contributed by atoms with Crippen molar-refractivity contribution >= 4 is 8.80 Å². The van der Waals surface area contributed by atoms with Crippen LogP contribution in [0.1, 0.15) is 6.92 Å². The third kappa shape index (κ3) is 5.52. The highest BCUT2D eigenvalue weighted by Gasteiger charge is 1.80. The molecule has 44 valence electrons. The molecule has 0 spiro atoms. The van der Waals surface area contributed by atoms with Crippen LogP contribution in [0.2, 0.25) is 13.1 Å². The first kappa shape index (κ1) is 7.52. The summed E-state index contributed by atoms with van der Waals surface area (Å²) >= 11 is 0. The lowest BCUT2D eigenvalue weighted by atomic mass is 10.6. The predicted molar refractivity (Wildman–Crippen MR) is 41.5 cm³/mol. The van der Waals surface area contributed by atoms with Crippen molar-refractivity contribution in [2.24, 2.45) is 0 Å². The van der Waals surface area contributed by atoms with Crippen molar-refractivity contribution in [1.29, 1.82) is 0 Å². The third-order valence-electron chi connectivity index (χ3n) is 0.622. The fraction of sp³-hybridized carbons (Fsp3) is 0.429. The van der Waals surface area contributed by atoms with E-state index in [2.05, 4.69) is 24.6 Å². The van der Waals surface area contributed by atoms with Gasteiger partial charge in [-0.3, -0.25) is 0 Å². The van der Waals surface area contributed by atoms with Crippen LogP contribution in [0.4, 0.5) is 0 Å². The smallest absolute Gasteiger partial charge is 0.117 e. The van der Waals surface area contributed by atoms with Crippen LogP contribution in [-0.4, -0.2) is 8.80 Å². The van der Waals surface area contributed by atoms with E-state index in [1.807, 2.05) is 19.1 Å². The quantitative estimate of drug-likeness (QED) is 0.340. The van der Waals surface area contributed by atoms with Gasteiger partial charge in [0, 0.05) is 0 Å². The first-order chi connectivity index (χ1) is 3.77. The Kier molecular flexibility index (Phi) is 4.39. The van der Waals surface area contributed by atoms with Gasteiger partial charge in [0.25, 0.3) is 0 Å². The Balaban J connectivity index is 3.51. The minimum Gasteiger partial charge on any atom is -0.131 e. The summed E-state index contributed by atoms with van der Waals surface area (Å²) in [5.74, 6) is 2.97. The molecule has 0 amide bonds. The van der Waals surface area contributed by atoms with E-state index in [4.69, 9.17) is 0 Å². The molecular weight excluding hydrogens is 112 g/mol. The molecule has 0 saturated heterocycles. The maximum atomic E-state index is 3.15. The normalized spacial score (nSPS) is 9.50. The lowest BCUT2D eigenvalue weighted by Crippen LogP contribution is -1.92. The Morgan fingerprint density at radius 3 is 2.38 bits per heavy atom. The van der Waals surface area contributed by atoms with Gasteiger partial charge in [0.15, 0.2) is 0 Å². The molecule has 0 N–H and O–H groups in total. The highest BCUT2D eigenvalue weighted by molar-refractivity contribution is 6.64. The second-order valence-corrected chi connectivity index (χ2v) is 4.54. The third-order valence-corrected chi connectivity index (χ3v) is 1.37. The van der Waals surface area contributed by atoms with Gasteiger partial charge in [-0.15, -0.1) is 5.54 Å². The first-order valence-corrected chi connectivity index (χ1v) is 5.78. The summed E-state index contributed by atoms with van der Waals surface area (Å²) in [7, 11) is -0.614. The Hall–Kier alpha value is -0.483. The van der Waals surface area contributed by atoms with Crippen molar-refractivity contribution in [2.45, 2.75) is 20.0 Å². The van der Waals surface area contributed by atoms with E-state index in [1.165, 1.54) is 0 Å². The van der Waals surface area contributed by atoms with Crippen LogP contribution in [0.5, 0.6) is 0 Å². The van der Waals surface area contributed by atoms with Gasteiger partial charge in [-0.25, -0.2) is 0 Å². The van der Waals surface area contributed by atoms with E-state index in [-0.39, 0.29) is 0 Å². The molecule has 0 aliphatic rings. The van der Waals surface area contributed by atoms with Gasteiger partial charge in [0.1, 0.15) is 8.80 Å². The van der Waals surface area contributed by atoms with Crippen LogP contribution >= 0.6 is 0 Å². The number of hydrogen-bond acceptors (Lipinski definition) is 0. The molecule has 0 nitrogen and oxygen atoms in total. The van der Waals surface area contributed by atoms with Crippen LogP contribution in [0.15, 0.2) is 12.2 Å². The molecule has 0 radical (unpaired) electrons. The van der Waals surface area contributed by atoms with Gasteiger partial charge in [-0.2, -0.15) is 0 Å². The zero-order valence-corrected chi connectivity index (χ0v) is 6.89. The maximum Gasteiger partial charge on any atom is 0.117 e. The lowest BCUT2D eigenvalue weighted by molar-refractivity contribution is 1.76. The molecule has 0 saturated carbocycles. The summed E-state index contributed by atoms with van der Waals surface area (Å²) in [4.78, 5) is 0. The molecule has 0 aromatic carbocycles. The molecule has 0 rings (SSSR count). The summed E-state index contributed by atoms with van der Waals surface area (Å²) in [5.41, 5.74) is 3.15. The van der Waals surface area contributed by atoms with Gasteiger partial charge in [0.2, 0.25) is 0 Å². The summed E-state index contributed by atoms with van der Waals surface area (Å²) in [5, 5.41) is 0. The molecule has 0 aliphatic carbocycles. The summed E-state index contributed by atoms with van der Waals surface area (Å²) in [6.45, 7) is 6.42. The van der Waals surface area contributed by atoms with E-state index in [1.54, 1.807) is 0 Å². The summed E-state index contributed by atoms with van der Waals surface area (Å²) in [6, 6.07) is 0. The molecule has 0 atom stereocenters. The second-order valence-electron chi connectivity index (χ2n) is 1.94. The van der Waals surface area contributed by atoms with Gasteiger partial charge in [0.05, 0.1) is 0 Å². The molecule has 1 heteroatoms. The zero-order chi connectivity index (χ0) is 6.41. The van der Waals surface area contributed by atoms with Crippen molar-refractivity contribution in [3.05, 3.63) is 12.2 Å². The van der Waals surface area contributed by atoms with Crippen molar-refractivity contribution in [3.63, 3.8) is 0 Å². The standard InChI is InChI=1S/C7H12Si/c1-4-5-6-7-8(2)3/h4-5,8H,1-3H3/b5-4-. The van der Waals surface area contributed by atoms with Crippen LogP contribution < -0.4 is 0 Å². The topological polar surface area (TPSA) is 0 Å². The number of hydrogen-bond donors (Lipinski definition) is 0. The molecule has 0 fully saturated rings. The van der Waals surface area contributed by atoms with Crippen molar-refractivity contribution < 1.29 is 0 Å². The fourth-order valence-electron chi connectivity index (χ4n) is 0.298. The highest BCUT2D eigenvalue weighted by atomic mass is 28.3. The summed E-state index contributed by atoms with van der Waals surface area (Å²) in [6.07, 6.45) is 3.86. The average Bonchev–Trinajstić information content (AvgIpc) is 1.66. The van der Waals surface area contributed by atoms with Gasteiger partial charge >= 0.3 is 0 Å². The van der Waals surface area contributed by atoms with E-state index in [0.717, 1.165) is 0 Å². The van der Waals surface area contributed by atoms with Crippen molar-refractivity contribution in [2.75, 3.05) is 0 Å². The Labute approximate surface area is 53.2 Å². The minimum atomic E-state index is -0.614. The first-order valence-electron chi connectivity index (χ1n) is 2.89. The molecule has 0 heterocycles. The summed E-state index contributed by atoms with van der Waals surface area (Å²) < 4.78 is 0. The van der Waals surface area contributed by atoms with Crippen LogP contribution in [0.3, 0.4) is 0 Å². The van der Waals surface area contributed by atoms with E-state index in [9.17, 15) is 0 Å². The average molecular weight is 124 g/mol. The van der Waals surface area contributed by atoms with E-state index in [0.29, 0.717) is 0 Å². The SMILES string of the molecule is C/C=C\C#C[SiH](C)C. The molecule has 0 unspecified atom stereocenters. The van der Waals surface area contributed by atoms with Crippen LogP contribution in [0.25, 0.3) is 0 Å². The van der Waals surface area contributed by atoms with Crippen molar-refractivity contribution in [3.8, 4) is 11.5 Å². The number of rotatable bonds is 0. The van der Waals surface area contributed by atoms with Crippen LogP contribution in [0, 0.1) is 11.5 Å². The Morgan fingerprint density at radius 2 is 2.00 bits per heavy atom. The maximum absolute atomic E-state index is 3.15. The van der Waals surface area contributed by atoms with Gasteiger partial charge < -0.3 is 0 Å². The molecule has 0 aromatic heterocycles. The zero-order valence-electron chi connectivity index (χ0n) is 5.73. The van der Waals surface area contributed by atoms with E-state index >= 15 is 0 Å². The van der Waals surface area contributed by atoms with Gasteiger partial charge in [-0.05, 0) is 13.0 Å². The lowest BCUT2D eigenvalue weighted by Gasteiger charge is -1.79. The second kappa shape index (κ2) is 4.67. The molecule has 8 heavy (non-hydrogen) atoms. The molecule has 0 aliphatic heterocycles. The molecule has 0 aromatic rings.